The Balaban J connectivity index is 1.77. The van der Waals surface area contributed by atoms with E-state index in [2.05, 4.69) is 29.5 Å². The van der Waals surface area contributed by atoms with E-state index < -0.39 is 6.04 Å². The second-order valence-electron chi connectivity index (χ2n) is 9.61. The van der Waals surface area contributed by atoms with Gasteiger partial charge in [-0.15, -0.1) is 5.10 Å². The molecule has 0 aliphatic rings. The molecule has 0 spiro atoms. The fourth-order valence-electron chi connectivity index (χ4n) is 4.29. The third kappa shape index (κ3) is 5.48. The number of amides is 2. The van der Waals surface area contributed by atoms with Crippen LogP contribution in [-0.4, -0.2) is 33.4 Å². The summed E-state index contributed by atoms with van der Waals surface area (Å²) in [7, 11) is 0. The number of hydrogen-bond donors (Lipinski definition) is 1. The Bertz CT molecular complexity index is 1370. The smallest absolute Gasteiger partial charge is 0.251 e. The Hall–Kier alpha value is -3.94. The third-order valence-electron chi connectivity index (χ3n) is 6.14. The summed E-state index contributed by atoms with van der Waals surface area (Å²) < 4.78 is 7.49. The molecule has 4 rings (SSSR count). The highest BCUT2D eigenvalue weighted by Crippen LogP contribution is 2.32. The Kier molecular flexibility index (Phi) is 7.52. The van der Waals surface area contributed by atoms with Gasteiger partial charge in [0.15, 0.2) is 6.04 Å². The zero-order valence-electron chi connectivity index (χ0n) is 21.5. The lowest BCUT2D eigenvalue weighted by molar-refractivity contribution is -0.127. The number of carbonyl (C=O) groups is 2. The summed E-state index contributed by atoms with van der Waals surface area (Å²) in [6, 6.07) is 15.9. The van der Waals surface area contributed by atoms with E-state index in [0.717, 1.165) is 23.1 Å². The van der Waals surface area contributed by atoms with Gasteiger partial charge in [0.05, 0.1) is 5.52 Å². The predicted octanol–water partition coefficient (Wildman–Crippen LogP) is 4.89. The molecule has 4 aromatic rings. The van der Waals surface area contributed by atoms with E-state index in [9.17, 15) is 9.59 Å². The van der Waals surface area contributed by atoms with E-state index in [1.165, 1.54) is 4.90 Å². The van der Waals surface area contributed by atoms with Gasteiger partial charge in [0.1, 0.15) is 23.6 Å². The second-order valence-corrected chi connectivity index (χ2v) is 9.61. The van der Waals surface area contributed by atoms with Gasteiger partial charge in [-0.3, -0.25) is 14.5 Å². The van der Waals surface area contributed by atoms with Crippen LogP contribution in [0.3, 0.4) is 0 Å². The molecule has 2 aromatic carbocycles. The van der Waals surface area contributed by atoms with E-state index in [4.69, 9.17) is 4.42 Å². The topological polar surface area (TPSA) is 93.3 Å². The van der Waals surface area contributed by atoms with Crippen LogP contribution < -0.4 is 10.2 Å². The van der Waals surface area contributed by atoms with Crippen LogP contribution in [0.1, 0.15) is 49.0 Å². The summed E-state index contributed by atoms with van der Waals surface area (Å²) in [6.45, 7) is 10.4. The molecule has 0 saturated heterocycles. The first-order valence-electron chi connectivity index (χ1n) is 12.3. The van der Waals surface area contributed by atoms with E-state index in [1.54, 1.807) is 16.8 Å². The lowest BCUT2D eigenvalue weighted by Crippen LogP contribution is -2.45. The fourth-order valence-corrected chi connectivity index (χ4v) is 4.29. The molecular formula is C28H33N5O3. The van der Waals surface area contributed by atoms with Crippen molar-refractivity contribution in [1.29, 1.82) is 0 Å². The van der Waals surface area contributed by atoms with Crippen LogP contribution in [0.15, 0.2) is 59.0 Å². The zero-order valence-corrected chi connectivity index (χ0v) is 21.5. The van der Waals surface area contributed by atoms with Crippen LogP contribution in [0.5, 0.6) is 0 Å². The molecule has 0 aliphatic carbocycles. The van der Waals surface area contributed by atoms with Gasteiger partial charge in [0, 0.05) is 12.2 Å². The van der Waals surface area contributed by atoms with Crippen LogP contribution in [0.25, 0.3) is 11.0 Å². The first-order valence-corrected chi connectivity index (χ1v) is 12.3. The van der Waals surface area contributed by atoms with Crippen molar-refractivity contribution in [3.8, 4) is 0 Å². The maximum atomic E-state index is 14.0. The number of nitrogens with zero attached hydrogens (tertiary/aromatic N) is 4. The van der Waals surface area contributed by atoms with Crippen LogP contribution in [0.2, 0.25) is 0 Å². The molecule has 0 aliphatic heterocycles. The standard InChI is InChI=1S/C28H33N5O3/c1-18(2)14-15-29-28(35)27(25-13-11-21(5)36-25)33(23-12-10-19(3)16-20(23)4)26(34)17-32-24-9-7-6-8-22(24)30-31-32/h6-13,16,18,27H,14-15,17H2,1-5H3,(H,29,35)/t27-/m1/s1. The summed E-state index contributed by atoms with van der Waals surface area (Å²) in [6.07, 6.45) is 0.831. The molecule has 8 nitrogen and oxygen atoms in total. The molecule has 2 heterocycles. The van der Waals surface area contributed by atoms with Crippen LogP contribution in [0.4, 0.5) is 5.69 Å². The van der Waals surface area contributed by atoms with E-state index in [1.807, 2.05) is 63.2 Å². The van der Waals surface area contributed by atoms with Crippen molar-refractivity contribution in [3.05, 3.63) is 77.2 Å². The van der Waals surface area contributed by atoms with Gasteiger partial charge in [0.2, 0.25) is 5.91 Å². The van der Waals surface area contributed by atoms with Crippen molar-refractivity contribution < 1.29 is 14.0 Å². The molecule has 36 heavy (non-hydrogen) atoms. The Labute approximate surface area is 211 Å². The summed E-state index contributed by atoms with van der Waals surface area (Å²) in [5.74, 6) is 0.927. The lowest BCUT2D eigenvalue weighted by atomic mass is 10.1. The van der Waals surface area contributed by atoms with Crippen LogP contribution in [0, 0.1) is 26.7 Å². The number of hydrogen-bond acceptors (Lipinski definition) is 5. The van der Waals surface area contributed by atoms with Crippen molar-refractivity contribution >= 4 is 28.5 Å². The number of rotatable bonds is 9. The molecule has 0 unspecified atom stereocenters. The molecule has 2 amide bonds. The van der Waals surface area contributed by atoms with Gasteiger partial charge >= 0.3 is 0 Å². The van der Waals surface area contributed by atoms with Gasteiger partial charge in [-0.05, 0) is 69.0 Å². The highest BCUT2D eigenvalue weighted by molar-refractivity contribution is 6.01. The van der Waals surface area contributed by atoms with E-state index in [-0.39, 0.29) is 18.4 Å². The molecule has 188 valence electrons. The van der Waals surface area contributed by atoms with Gasteiger partial charge in [0.25, 0.3) is 5.91 Å². The molecule has 1 N–H and O–H groups in total. The minimum absolute atomic E-state index is 0.0801. The minimum atomic E-state index is -0.977. The third-order valence-corrected chi connectivity index (χ3v) is 6.14. The average Bonchev–Trinajstić information content (AvgIpc) is 3.44. The highest BCUT2D eigenvalue weighted by Gasteiger charge is 2.36. The Morgan fingerprint density at radius 3 is 2.53 bits per heavy atom. The maximum absolute atomic E-state index is 14.0. The first-order chi connectivity index (χ1) is 17.2. The van der Waals surface area contributed by atoms with Crippen molar-refractivity contribution in [2.24, 2.45) is 5.92 Å². The number of aromatic nitrogens is 3. The quantitative estimate of drug-likeness (QED) is 0.363. The van der Waals surface area contributed by atoms with Crippen LogP contribution >= 0.6 is 0 Å². The van der Waals surface area contributed by atoms with Crippen molar-refractivity contribution in [1.82, 2.24) is 20.3 Å². The molecular weight excluding hydrogens is 454 g/mol. The zero-order chi connectivity index (χ0) is 25.8. The van der Waals surface area contributed by atoms with Crippen molar-refractivity contribution in [2.45, 2.75) is 53.6 Å². The largest absolute Gasteiger partial charge is 0.464 e. The number of nitrogens with one attached hydrogen (secondary N) is 1. The summed E-state index contributed by atoms with van der Waals surface area (Å²) in [5.41, 5.74) is 4.05. The number of aryl methyl sites for hydroxylation is 3. The summed E-state index contributed by atoms with van der Waals surface area (Å²) >= 11 is 0. The Morgan fingerprint density at radius 2 is 1.83 bits per heavy atom. The van der Waals surface area contributed by atoms with Gasteiger partial charge in [-0.1, -0.05) is 48.9 Å². The summed E-state index contributed by atoms with van der Waals surface area (Å²) in [4.78, 5) is 29.2. The highest BCUT2D eigenvalue weighted by atomic mass is 16.3. The minimum Gasteiger partial charge on any atom is -0.464 e. The summed E-state index contributed by atoms with van der Waals surface area (Å²) in [5, 5.41) is 11.4. The second kappa shape index (κ2) is 10.8. The SMILES string of the molecule is Cc1ccc(N(C(=O)Cn2nnc3ccccc32)[C@@H](C(=O)NCCC(C)C)c2ccc(C)o2)c(C)c1. The number of anilines is 1. The molecule has 0 saturated carbocycles. The van der Waals surface area contributed by atoms with Crippen LogP contribution in [-0.2, 0) is 16.1 Å². The molecule has 0 radical (unpaired) electrons. The number of fused-ring (bicyclic) bond motifs is 1. The predicted molar refractivity (Wildman–Crippen MR) is 140 cm³/mol. The van der Waals surface area contributed by atoms with Crippen molar-refractivity contribution in [3.63, 3.8) is 0 Å². The molecule has 8 heteroatoms. The number of carbonyl (C=O) groups excluding carboxylic acids is 2. The average molecular weight is 488 g/mol. The number of para-hydroxylation sites is 1. The first kappa shape index (κ1) is 25.2. The number of benzene rings is 2. The van der Waals surface area contributed by atoms with E-state index in [0.29, 0.717) is 35.2 Å². The monoisotopic (exact) mass is 487 g/mol. The fraction of sp³-hybridized carbons (Fsp3) is 0.357. The molecule has 1 atom stereocenters. The van der Waals surface area contributed by atoms with Crippen molar-refractivity contribution in [2.75, 3.05) is 11.4 Å². The van der Waals surface area contributed by atoms with Gasteiger partial charge in [-0.25, -0.2) is 4.68 Å². The Morgan fingerprint density at radius 1 is 1.06 bits per heavy atom. The number of furan rings is 1. The maximum Gasteiger partial charge on any atom is 0.251 e. The molecule has 0 bridgehead atoms. The van der Waals surface area contributed by atoms with Gasteiger partial charge < -0.3 is 9.73 Å². The lowest BCUT2D eigenvalue weighted by Gasteiger charge is -2.31. The molecule has 0 fully saturated rings. The molecule has 2 aromatic heterocycles. The van der Waals surface area contributed by atoms with Gasteiger partial charge in [-0.2, -0.15) is 0 Å². The van der Waals surface area contributed by atoms with E-state index >= 15 is 0 Å². The normalized spacial score (nSPS) is 12.2.